The Balaban J connectivity index is 2.06. The van der Waals surface area contributed by atoms with E-state index in [-0.39, 0.29) is 30.8 Å². The fraction of sp³-hybridized carbons (Fsp3) is 0.882. The summed E-state index contributed by atoms with van der Waals surface area (Å²) in [6, 6.07) is 0. The number of ketones is 2. The summed E-state index contributed by atoms with van der Waals surface area (Å²) in [7, 11) is 0. The average molecular weight is 408 g/mol. The molecule has 1 saturated heterocycles. The standard InChI is InChI=1S/C17H28O11/c1-10(18)7-16(5,24-21)26-28-17(6,8-11(2)19)27-25-15(4)9-14(3,20)12-13(15)23-22-12/h12-13,20-21H,7-9H2,1-6H3. The van der Waals surface area contributed by atoms with E-state index in [0.29, 0.717) is 0 Å². The average Bonchev–Trinajstić information content (AvgIpc) is 2.61. The molecule has 0 amide bonds. The molecule has 2 N–H and O–H groups in total. The van der Waals surface area contributed by atoms with E-state index in [2.05, 4.69) is 4.89 Å². The van der Waals surface area contributed by atoms with Crippen LogP contribution in [0.25, 0.3) is 0 Å². The van der Waals surface area contributed by atoms with Crippen molar-refractivity contribution in [3.8, 4) is 0 Å². The summed E-state index contributed by atoms with van der Waals surface area (Å²) in [5.41, 5.74) is -2.29. The highest BCUT2D eigenvalue weighted by Crippen LogP contribution is 2.49. The van der Waals surface area contributed by atoms with Gasteiger partial charge in [-0.1, -0.05) is 0 Å². The van der Waals surface area contributed by atoms with Gasteiger partial charge in [0.05, 0.1) is 18.4 Å². The van der Waals surface area contributed by atoms with Crippen LogP contribution < -0.4 is 0 Å². The van der Waals surface area contributed by atoms with E-state index >= 15 is 0 Å². The normalized spacial score (nSPS) is 36.1. The lowest BCUT2D eigenvalue weighted by atomic mass is 10.0. The quantitative estimate of drug-likeness (QED) is 0.291. The predicted octanol–water partition coefficient (Wildman–Crippen LogP) is 1.38. The van der Waals surface area contributed by atoms with Crippen molar-refractivity contribution in [2.45, 2.75) is 95.8 Å². The topological polar surface area (TPSA) is 139 Å². The molecule has 2 aliphatic rings. The molecule has 1 aliphatic carbocycles. The summed E-state index contributed by atoms with van der Waals surface area (Å²) < 4.78 is 0. The second-order valence-corrected chi connectivity index (χ2v) is 8.33. The van der Waals surface area contributed by atoms with E-state index in [1.165, 1.54) is 27.7 Å². The largest absolute Gasteiger partial charge is 0.387 e. The first-order chi connectivity index (χ1) is 12.7. The molecule has 2 rings (SSSR count). The molecule has 11 nitrogen and oxygen atoms in total. The Morgan fingerprint density at radius 2 is 1.50 bits per heavy atom. The van der Waals surface area contributed by atoms with E-state index in [9.17, 15) is 14.7 Å². The molecule has 0 aromatic rings. The number of fused-ring (bicyclic) bond motifs is 1. The second kappa shape index (κ2) is 8.01. The number of carbonyl (C=O) groups is 2. The molecule has 1 saturated carbocycles. The van der Waals surface area contributed by atoms with Gasteiger partial charge in [-0.25, -0.2) is 24.8 Å². The minimum atomic E-state index is -1.82. The van der Waals surface area contributed by atoms with Crippen LogP contribution in [-0.2, 0) is 43.8 Å². The summed E-state index contributed by atoms with van der Waals surface area (Å²) >= 11 is 0. The van der Waals surface area contributed by atoms with Gasteiger partial charge in [0, 0.05) is 6.42 Å². The number of hydrogen-bond acceptors (Lipinski definition) is 11. The van der Waals surface area contributed by atoms with E-state index in [0.717, 1.165) is 0 Å². The Morgan fingerprint density at radius 3 is 1.93 bits per heavy atom. The molecule has 11 heteroatoms. The lowest BCUT2D eigenvalue weighted by Crippen LogP contribution is -2.55. The highest BCUT2D eigenvalue weighted by Gasteiger charge is 2.66. The fourth-order valence-electron chi connectivity index (χ4n) is 3.42. The molecule has 0 aromatic carbocycles. The van der Waals surface area contributed by atoms with Gasteiger partial charge in [0.15, 0.2) is 12.2 Å². The summed E-state index contributed by atoms with van der Waals surface area (Å²) in [6.45, 7) is 8.46. The van der Waals surface area contributed by atoms with E-state index in [1.807, 2.05) is 0 Å². The summed E-state index contributed by atoms with van der Waals surface area (Å²) in [4.78, 5) is 58.3. The van der Waals surface area contributed by atoms with Crippen molar-refractivity contribution in [3.05, 3.63) is 0 Å². The van der Waals surface area contributed by atoms with Gasteiger partial charge in [0.25, 0.3) is 0 Å². The first kappa shape index (κ1) is 23.3. The highest BCUT2D eigenvalue weighted by atomic mass is 17.3. The monoisotopic (exact) mass is 408 g/mol. The number of carbonyl (C=O) groups excluding carboxylic acids is 2. The molecule has 6 atom stereocenters. The van der Waals surface area contributed by atoms with Crippen molar-refractivity contribution >= 4 is 11.6 Å². The lowest BCUT2D eigenvalue weighted by Gasteiger charge is -2.40. The number of rotatable bonds is 11. The van der Waals surface area contributed by atoms with E-state index in [4.69, 9.17) is 34.6 Å². The third kappa shape index (κ3) is 5.12. The number of hydrogen-bond donors (Lipinski definition) is 2. The highest BCUT2D eigenvalue weighted by molar-refractivity contribution is 5.76. The SMILES string of the molecule is CC(=O)CC(C)(OO)OOC(C)(CC(C)=O)OOC1(C)CC(C)(O)C2OOC21. The maximum Gasteiger partial charge on any atom is 0.238 e. The smallest absolute Gasteiger partial charge is 0.238 e. The van der Waals surface area contributed by atoms with Crippen LogP contribution >= 0.6 is 0 Å². The van der Waals surface area contributed by atoms with Gasteiger partial charge in [0.1, 0.15) is 17.2 Å². The Hall–Kier alpha value is -1.02. The summed E-state index contributed by atoms with van der Waals surface area (Å²) in [5, 5.41) is 19.4. The van der Waals surface area contributed by atoms with Gasteiger partial charge in [-0.15, -0.1) is 0 Å². The third-order valence-electron chi connectivity index (χ3n) is 4.60. The molecule has 28 heavy (non-hydrogen) atoms. The first-order valence-corrected chi connectivity index (χ1v) is 8.84. The van der Waals surface area contributed by atoms with Crippen LogP contribution in [0.15, 0.2) is 0 Å². The van der Waals surface area contributed by atoms with Crippen LogP contribution in [0.2, 0.25) is 0 Å². The zero-order valence-corrected chi connectivity index (χ0v) is 16.8. The second-order valence-electron chi connectivity index (χ2n) is 8.33. The Bertz CT molecular complexity index is 608. The number of aliphatic hydroxyl groups is 1. The van der Waals surface area contributed by atoms with Crippen molar-refractivity contribution < 1.29 is 54.2 Å². The zero-order chi connectivity index (χ0) is 21.4. The zero-order valence-electron chi connectivity index (χ0n) is 16.8. The molecule has 0 radical (unpaired) electrons. The molecule has 1 aliphatic heterocycles. The van der Waals surface area contributed by atoms with Crippen LogP contribution in [0.4, 0.5) is 0 Å². The minimum Gasteiger partial charge on any atom is -0.387 e. The van der Waals surface area contributed by atoms with Gasteiger partial charge in [-0.2, -0.15) is 14.7 Å². The number of Topliss-reactive ketones (excluding diaryl/α,β-unsaturated/α-hetero) is 2. The molecule has 162 valence electrons. The minimum absolute atomic E-state index is 0.133. The van der Waals surface area contributed by atoms with Gasteiger partial charge in [-0.05, 0) is 41.5 Å². The molecule has 2 fully saturated rings. The van der Waals surface area contributed by atoms with Crippen molar-refractivity contribution in [2.24, 2.45) is 0 Å². The molecular formula is C17H28O11. The van der Waals surface area contributed by atoms with E-state index < -0.39 is 35.0 Å². The van der Waals surface area contributed by atoms with E-state index in [1.54, 1.807) is 13.8 Å². The Kier molecular flexibility index (Phi) is 6.66. The fourth-order valence-corrected chi connectivity index (χ4v) is 3.42. The van der Waals surface area contributed by atoms with Crippen molar-refractivity contribution in [3.63, 3.8) is 0 Å². The predicted molar refractivity (Wildman–Crippen MR) is 88.9 cm³/mol. The first-order valence-electron chi connectivity index (χ1n) is 8.84. The van der Waals surface area contributed by atoms with Crippen LogP contribution in [-0.4, -0.2) is 56.9 Å². The van der Waals surface area contributed by atoms with Crippen LogP contribution in [0.1, 0.15) is 60.8 Å². The maximum absolute atomic E-state index is 11.6. The Labute approximate surface area is 162 Å². The van der Waals surface area contributed by atoms with Gasteiger partial charge >= 0.3 is 0 Å². The Morgan fingerprint density at radius 1 is 1.00 bits per heavy atom. The maximum atomic E-state index is 11.6. The molecule has 0 spiro atoms. The van der Waals surface area contributed by atoms with Crippen molar-refractivity contribution in [1.29, 1.82) is 0 Å². The van der Waals surface area contributed by atoms with Crippen molar-refractivity contribution in [1.82, 2.24) is 0 Å². The third-order valence-corrected chi connectivity index (χ3v) is 4.60. The summed E-state index contributed by atoms with van der Waals surface area (Å²) in [6.07, 6.45) is -1.65. The summed E-state index contributed by atoms with van der Waals surface area (Å²) in [5.74, 6) is -4.21. The molecule has 0 bridgehead atoms. The van der Waals surface area contributed by atoms with Crippen molar-refractivity contribution in [2.75, 3.05) is 0 Å². The van der Waals surface area contributed by atoms with Crippen LogP contribution in [0.3, 0.4) is 0 Å². The lowest BCUT2D eigenvalue weighted by molar-refractivity contribution is -0.585. The van der Waals surface area contributed by atoms with Gasteiger partial charge in [-0.3, -0.25) is 9.59 Å². The molecule has 6 unspecified atom stereocenters. The molecular weight excluding hydrogens is 380 g/mol. The molecule has 0 aromatic heterocycles. The van der Waals surface area contributed by atoms with Gasteiger partial charge in [0.2, 0.25) is 11.6 Å². The van der Waals surface area contributed by atoms with Crippen LogP contribution in [0, 0.1) is 0 Å². The van der Waals surface area contributed by atoms with Gasteiger partial charge < -0.3 is 5.11 Å². The van der Waals surface area contributed by atoms with Crippen LogP contribution in [0.5, 0.6) is 0 Å². The molecule has 1 heterocycles.